The van der Waals surface area contributed by atoms with Gasteiger partial charge in [0.25, 0.3) is 0 Å². The van der Waals surface area contributed by atoms with Crippen LogP contribution in [0.25, 0.3) is 16.8 Å². The predicted molar refractivity (Wildman–Crippen MR) is 81.8 cm³/mol. The van der Waals surface area contributed by atoms with E-state index >= 15 is 0 Å². The summed E-state index contributed by atoms with van der Waals surface area (Å²) in [7, 11) is 0. The van der Waals surface area contributed by atoms with E-state index in [0.717, 1.165) is 16.8 Å². The summed E-state index contributed by atoms with van der Waals surface area (Å²) in [5.41, 5.74) is 2.06. The van der Waals surface area contributed by atoms with Crippen LogP contribution in [-0.2, 0) is 4.79 Å². The maximum absolute atomic E-state index is 11.1. The van der Waals surface area contributed by atoms with E-state index in [-0.39, 0.29) is 6.04 Å². The number of thioether (sulfide) groups is 1. The van der Waals surface area contributed by atoms with Gasteiger partial charge in [0.2, 0.25) is 5.78 Å². The number of rotatable bonds is 4. The summed E-state index contributed by atoms with van der Waals surface area (Å²) in [5, 5.41) is 17.5. The minimum Gasteiger partial charge on any atom is -0.480 e. The Morgan fingerprint density at radius 2 is 1.86 bits per heavy atom. The van der Waals surface area contributed by atoms with Crippen LogP contribution in [-0.4, -0.2) is 35.5 Å². The van der Waals surface area contributed by atoms with Gasteiger partial charge in [0, 0.05) is 6.04 Å². The number of fused-ring (bicyclic) bond motifs is 3. The molecule has 7 heteroatoms. The van der Waals surface area contributed by atoms with Crippen molar-refractivity contribution in [2.24, 2.45) is 0 Å². The van der Waals surface area contributed by atoms with Crippen LogP contribution >= 0.6 is 11.8 Å². The number of carboxylic acids is 1. The van der Waals surface area contributed by atoms with Crippen molar-refractivity contribution >= 4 is 34.5 Å². The number of aliphatic carboxylic acids is 1. The molecule has 3 rings (SSSR count). The lowest BCUT2D eigenvalue weighted by atomic mass is 10.3. The van der Waals surface area contributed by atoms with Crippen molar-refractivity contribution in [1.82, 2.24) is 19.2 Å². The van der Waals surface area contributed by atoms with Gasteiger partial charge in [0.15, 0.2) is 5.16 Å². The molecule has 0 unspecified atom stereocenters. The molecule has 1 atom stereocenters. The second kappa shape index (κ2) is 5.07. The van der Waals surface area contributed by atoms with Gasteiger partial charge in [-0.15, -0.1) is 10.2 Å². The quantitative estimate of drug-likeness (QED) is 0.750. The summed E-state index contributed by atoms with van der Waals surface area (Å²) in [5.74, 6) is -0.115. The maximum atomic E-state index is 11.1. The topological polar surface area (TPSA) is 72.4 Å². The van der Waals surface area contributed by atoms with Crippen LogP contribution in [0.1, 0.15) is 26.8 Å². The number of carbonyl (C=O) groups is 1. The summed E-state index contributed by atoms with van der Waals surface area (Å²) in [4.78, 5) is 11.1. The van der Waals surface area contributed by atoms with E-state index in [0.29, 0.717) is 5.16 Å². The first-order chi connectivity index (χ1) is 10.0. The minimum atomic E-state index is -0.857. The standard InChI is InChI=1S/C14H16N4O2S/c1-8(2)17-10-6-4-5-7-11(10)18-13(17)15-16-14(18)21-9(3)12(19)20/h4-9H,1-3H3,(H,19,20)/t9-/m1/s1. The van der Waals surface area contributed by atoms with Crippen molar-refractivity contribution in [1.29, 1.82) is 0 Å². The number of hydrogen-bond donors (Lipinski definition) is 1. The second-order valence-corrected chi connectivity index (χ2v) is 6.48. The molecule has 0 radical (unpaired) electrons. The second-order valence-electron chi connectivity index (χ2n) is 5.17. The zero-order chi connectivity index (χ0) is 15.1. The smallest absolute Gasteiger partial charge is 0.316 e. The van der Waals surface area contributed by atoms with Crippen LogP contribution < -0.4 is 0 Å². The van der Waals surface area contributed by atoms with Crippen LogP contribution in [0.3, 0.4) is 0 Å². The van der Waals surface area contributed by atoms with Crippen LogP contribution in [0, 0.1) is 0 Å². The Kier molecular flexibility index (Phi) is 3.36. The predicted octanol–water partition coefficient (Wildman–Crippen LogP) is 2.83. The third-order valence-electron chi connectivity index (χ3n) is 3.36. The van der Waals surface area contributed by atoms with Crippen LogP contribution in [0.4, 0.5) is 0 Å². The van der Waals surface area contributed by atoms with Gasteiger partial charge in [-0.3, -0.25) is 9.20 Å². The van der Waals surface area contributed by atoms with Crippen molar-refractivity contribution in [3.8, 4) is 0 Å². The van der Waals surface area contributed by atoms with E-state index < -0.39 is 11.2 Å². The maximum Gasteiger partial charge on any atom is 0.316 e. The largest absolute Gasteiger partial charge is 0.480 e. The van der Waals surface area contributed by atoms with E-state index in [9.17, 15) is 4.79 Å². The zero-order valence-electron chi connectivity index (χ0n) is 12.0. The van der Waals surface area contributed by atoms with Gasteiger partial charge < -0.3 is 9.67 Å². The highest BCUT2D eigenvalue weighted by Gasteiger charge is 2.21. The summed E-state index contributed by atoms with van der Waals surface area (Å²) in [6.45, 7) is 5.83. The van der Waals surface area contributed by atoms with E-state index in [1.54, 1.807) is 6.92 Å². The molecule has 0 amide bonds. The Balaban J connectivity index is 2.25. The average molecular weight is 304 g/mol. The van der Waals surface area contributed by atoms with Gasteiger partial charge in [-0.05, 0) is 32.9 Å². The Bertz CT molecular complexity index is 821. The highest BCUT2D eigenvalue weighted by atomic mass is 32.2. The molecule has 2 aromatic heterocycles. The average Bonchev–Trinajstić information content (AvgIpc) is 2.96. The summed E-state index contributed by atoms with van der Waals surface area (Å²) >= 11 is 1.20. The Labute approximate surface area is 125 Å². The number of para-hydroxylation sites is 2. The Hall–Kier alpha value is -2.02. The van der Waals surface area contributed by atoms with Crippen molar-refractivity contribution in [2.75, 3.05) is 0 Å². The molecule has 1 aromatic carbocycles. The molecule has 0 spiro atoms. The number of nitrogens with zero attached hydrogens (tertiary/aromatic N) is 4. The lowest BCUT2D eigenvalue weighted by Crippen LogP contribution is -2.11. The molecule has 0 bridgehead atoms. The molecule has 0 fully saturated rings. The Morgan fingerprint density at radius 1 is 1.19 bits per heavy atom. The zero-order valence-corrected chi connectivity index (χ0v) is 12.8. The number of aromatic nitrogens is 4. The minimum absolute atomic E-state index is 0.242. The molecule has 0 aliphatic carbocycles. The molecule has 0 saturated carbocycles. The van der Waals surface area contributed by atoms with Gasteiger partial charge >= 0.3 is 5.97 Å². The molecule has 110 valence electrons. The third-order valence-corrected chi connectivity index (χ3v) is 4.39. The molecule has 2 heterocycles. The van der Waals surface area contributed by atoms with Crippen molar-refractivity contribution in [3.05, 3.63) is 24.3 Å². The molecule has 6 nitrogen and oxygen atoms in total. The van der Waals surface area contributed by atoms with Gasteiger partial charge in [-0.2, -0.15) is 0 Å². The first kappa shape index (κ1) is 13.9. The fourth-order valence-electron chi connectivity index (χ4n) is 2.39. The summed E-state index contributed by atoms with van der Waals surface area (Å²) in [6.07, 6.45) is 0. The number of imidazole rings is 1. The molecule has 21 heavy (non-hydrogen) atoms. The highest BCUT2D eigenvalue weighted by Crippen LogP contribution is 2.29. The lowest BCUT2D eigenvalue weighted by Gasteiger charge is -2.07. The lowest BCUT2D eigenvalue weighted by molar-refractivity contribution is -0.136. The van der Waals surface area contributed by atoms with Gasteiger partial charge in [0.1, 0.15) is 5.25 Å². The molecule has 0 aliphatic heterocycles. The van der Waals surface area contributed by atoms with Crippen LogP contribution in [0.5, 0.6) is 0 Å². The number of hydrogen-bond acceptors (Lipinski definition) is 4. The van der Waals surface area contributed by atoms with Gasteiger partial charge in [-0.1, -0.05) is 23.9 Å². The first-order valence-electron chi connectivity index (χ1n) is 6.74. The van der Waals surface area contributed by atoms with E-state index in [2.05, 4.69) is 28.6 Å². The van der Waals surface area contributed by atoms with Crippen LogP contribution in [0.2, 0.25) is 0 Å². The summed E-state index contributed by atoms with van der Waals surface area (Å²) < 4.78 is 4.04. The fourth-order valence-corrected chi connectivity index (χ4v) is 3.18. The van der Waals surface area contributed by atoms with Crippen molar-refractivity contribution in [2.45, 2.75) is 37.2 Å². The molecule has 0 saturated heterocycles. The van der Waals surface area contributed by atoms with E-state index in [1.165, 1.54) is 11.8 Å². The highest BCUT2D eigenvalue weighted by molar-refractivity contribution is 8.00. The Morgan fingerprint density at radius 3 is 2.48 bits per heavy atom. The third kappa shape index (κ3) is 2.17. The molecule has 3 aromatic rings. The molecule has 0 aliphatic rings. The fraction of sp³-hybridized carbons (Fsp3) is 0.357. The van der Waals surface area contributed by atoms with Crippen molar-refractivity contribution in [3.63, 3.8) is 0 Å². The summed E-state index contributed by atoms with van der Waals surface area (Å²) in [6, 6.07) is 8.23. The van der Waals surface area contributed by atoms with E-state index in [4.69, 9.17) is 5.11 Å². The number of carboxylic acid groups (broad SMARTS) is 1. The van der Waals surface area contributed by atoms with E-state index in [1.807, 2.05) is 28.7 Å². The molecular weight excluding hydrogens is 288 g/mol. The normalized spacial score (nSPS) is 13.3. The number of benzene rings is 1. The van der Waals surface area contributed by atoms with Crippen LogP contribution in [0.15, 0.2) is 29.4 Å². The monoisotopic (exact) mass is 304 g/mol. The molecule has 1 N–H and O–H groups in total. The van der Waals surface area contributed by atoms with Gasteiger partial charge in [0.05, 0.1) is 11.0 Å². The van der Waals surface area contributed by atoms with Crippen molar-refractivity contribution < 1.29 is 9.90 Å². The van der Waals surface area contributed by atoms with Gasteiger partial charge in [-0.25, -0.2) is 0 Å². The SMILES string of the molecule is CC(C)n1c2ccccc2n2c(S[C@H](C)C(=O)O)nnc12. The first-order valence-corrected chi connectivity index (χ1v) is 7.62. The molecular formula is C14H16N4O2S.